The Kier molecular flexibility index (Phi) is 10.8. The van der Waals surface area contributed by atoms with Gasteiger partial charge in [0.25, 0.3) is 0 Å². The number of rotatable bonds is 5. The number of carboxylic acid groups (broad SMARTS) is 1. The van der Waals surface area contributed by atoms with Gasteiger partial charge in [-0.05, 0) is 19.2 Å². The van der Waals surface area contributed by atoms with Crippen molar-refractivity contribution in [3.8, 4) is 0 Å². The van der Waals surface area contributed by atoms with Gasteiger partial charge in [-0.15, -0.1) is 0 Å². The van der Waals surface area contributed by atoms with E-state index >= 15 is 0 Å². The summed E-state index contributed by atoms with van der Waals surface area (Å²) in [4.78, 5) is 41.8. The molecule has 132 valence electrons. The molecule has 0 radical (unpaired) electrons. The SMILES string of the molecule is CCC(=O)c1ccc(C=O)cc1.CN.O=Cc1ccc(C(=O)O)cc1. The van der Waals surface area contributed by atoms with Gasteiger partial charge in [0, 0.05) is 23.1 Å². The van der Waals surface area contributed by atoms with E-state index in [-0.39, 0.29) is 11.3 Å². The van der Waals surface area contributed by atoms with Crippen LogP contribution < -0.4 is 5.73 Å². The highest BCUT2D eigenvalue weighted by molar-refractivity contribution is 5.96. The first kappa shape index (κ1) is 21.9. The number of nitrogens with two attached hydrogens (primary N) is 1. The lowest BCUT2D eigenvalue weighted by molar-refractivity contribution is 0.0696. The monoisotopic (exact) mass is 343 g/mol. The number of carbonyl (C=O) groups is 4. The second kappa shape index (κ2) is 12.3. The molecule has 2 rings (SSSR count). The van der Waals surface area contributed by atoms with Crippen molar-refractivity contribution in [2.24, 2.45) is 5.73 Å². The number of ketones is 1. The molecule has 0 aliphatic rings. The van der Waals surface area contributed by atoms with Gasteiger partial charge in [-0.25, -0.2) is 4.79 Å². The highest BCUT2D eigenvalue weighted by atomic mass is 16.4. The Morgan fingerprint density at radius 1 is 0.840 bits per heavy atom. The number of carboxylic acids is 1. The van der Waals surface area contributed by atoms with Gasteiger partial charge in [0.05, 0.1) is 5.56 Å². The van der Waals surface area contributed by atoms with Gasteiger partial charge < -0.3 is 10.8 Å². The van der Waals surface area contributed by atoms with Gasteiger partial charge >= 0.3 is 5.97 Å². The lowest BCUT2D eigenvalue weighted by Crippen LogP contribution is -1.95. The maximum atomic E-state index is 11.1. The third-order valence-electron chi connectivity index (χ3n) is 2.98. The molecule has 6 heteroatoms. The Bertz CT molecular complexity index is 691. The van der Waals surface area contributed by atoms with E-state index in [1.807, 2.05) is 6.92 Å². The van der Waals surface area contributed by atoms with Crippen LogP contribution in [0.1, 0.15) is 54.8 Å². The van der Waals surface area contributed by atoms with E-state index in [4.69, 9.17) is 5.11 Å². The minimum atomic E-state index is -0.984. The van der Waals surface area contributed by atoms with Crippen LogP contribution in [0.5, 0.6) is 0 Å². The number of aromatic carboxylic acids is 1. The fourth-order valence-electron chi connectivity index (χ4n) is 1.66. The lowest BCUT2D eigenvalue weighted by atomic mass is 10.1. The Morgan fingerprint density at radius 3 is 1.48 bits per heavy atom. The summed E-state index contributed by atoms with van der Waals surface area (Å²) in [5.74, 6) is -0.880. The zero-order valence-electron chi connectivity index (χ0n) is 14.1. The molecule has 0 heterocycles. The van der Waals surface area contributed by atoms with Crippen molar-refractivity contribution in [1.29, 1.82) is 0 Å². The van der Waals surface area contributed by atoms with E-state index in [0.717, 1.165) is 6.29 Å². The molecule has 0 aromatic heterocycles. The molecule has 25 heavy (non-hydrogen) atoms. The Morgan fingerprint density at radius 2 is 1.20 bits per heavy atom. The number of carbonyl (C=O) groups excluding carboxylic acids is 3. The van der Waals surface area contributed by atoms with Crippen LogP contribution in [0.3, 0.4) is 0 Å². The molecule has 0 unspecified atom stereocenters. The predicted molar refractivity (Wildman–Crippen MR) is 95.4 cm³/mol. The standard InChI is InChI=1S/C10H10O2.C8H6O3.CH5N/c1-2-10(12)9-5-3-8(7-11)4-6-9;9-5-6-1-3-7(4-2-6)8(10)11;1-2/h3-7H,2H2,1H3;1-5H,(H,10,11);2H2,1H3. The zero-order chi connectivity index (χ0) is 19.2. The molecule has 2 aromatic rings. The zero-order valence-corrected chi connectivity index (χ0v) is 14.1. The molecular formula is C19H21NO5. The van der Waals surface area contributed by atoms with E-state index < -0.39 is 5.97 Å². The first-order valence-corrected chi connectivity index (χ1v) is 7.46. The highest BCUT2D eigenvalue weighted by Crippen LogP contribution is 2.05. The summed E-state index contributed by atoms with van der Waals surface area (Å²) in [6, 6.07) is 12.4. The Labute approximate surface area is 146 Å². The first-order chi connectivity index (χ1) is 12.0. The summed E-state index contributed by atoms with van der Waals surface area (Å²) in [5, 5.41) is 8.46. The van der Waals surface area contributed by atoms with Gasteiger partial charge in [0.15, 0.2) is 5.78 Å². The van der Waals surface area contributed by atoms with Crippen LogP contribution in [0.25, 0.3) is 0 Å². The van der Waals surface area contributed by atoms with Crippen LogP contribution in [0.4, 0.5) is 0 Å². The second-order valence-electron chi connectivity index (χ2n) is 4.56. The average molecular weight is 343 g/mol. The normalized spacial score (nSPS) is 8.76. The van der Waals surface area contributed by atoms with Gasteiger partial charge in [0.2, 0.25) is 0 Å². The molecule has 0 amide bonds. The maximum Gasteiger partial charge on any atom is 0.335 e. The van der Waals surface area contributed by atoms with Crippen molar-refractivity contribution in [1.82, 2.24) is 0 Å². The van der Waals surface area contributed by atoms with Gasteiger partial charge in [-0.3, -0.25) is 14.4 Å². The van der Waals surface area contributed by atoms with Crippen molar-refractivity contribution < 1.29 is 24.3 Å². The summed E-state index contributed by atoms with van der Waals surface area (Å²) in [7, 11) is 1.50. The van der Waals surface area contributed by atoms with Crippen LogP contribution in [0, 0.1) is 0 Å². The molecule has 0 fully saturated rings. The van der Waals surface area contributed by atoms with Crippen molar-refractivity contribution in [3.63, 3.8) is 0 Å². The molecular weight excluding hydrogens is 322 g/mol. The summed E-state index contributed by atoms with van der Waals surface area (Å²) < 4.78 is 0. The number of hydrogen-bond donors (Lipinski definition) is 2. The van der Waals surface area contributed by atoms with Crippen LogP contribution in [0.2, 0.25) is 0 Å². The maximum absolute atomic E-state index is 11.1. The van der Waals surface area contributed by atoms with E-state index in [0.29, 0.717) is 29.4 Å². The average Bonchev–Trinajstić information content (AvgIpc) is 2.69. The van der Waals surface area contributed by atoms with Gasteiger partial charge in [-0.1, -0.05) is 43.3 Å². The molecule has 0 saturated carbocycles. The van der Waals surface area contributed by atoms with Gasteiger partial charge in [-0.2, -0.15) is 0 Å². The number of hydrogen-bond acceptors (Lipinski definition) is 5. The van der Waals surface area contributed by atoms with Crippen molar-refractivity contribution >= 4 is 24.3 Å². The smallest absolute Gasteiger partial charge is 0.335 e. The lowest BCUT2D eigenvalue weighted by Gasteiger charge is -1.96. The molecule has 0 aliphatic carbocycles. The fraction of sp³-hybridized carbons (Fsp3) is 0.158. The van der Waals surface area contributed by atoms with E-state index in [9.17, 15) is 19.2 Å². The minimum absolute atomic E-state index is 0.104. The topological polar surface area (TPSA) is 115 Å². The molecule has 3 N–H and O–H groups in total. The number of Topliss-reactive ketones (excluding diaryl/α,β-unsaturated/α-hetero) is 1. The molecule has 0 spiro atoms. The summed E-state index contributed by atoms with van der Waals surface area (Å²) >= 11 is 0. The van der Waals surface area contributed by atoms with Crippen LogP contribution >= 0.6 is 0 Å². The Balaban J connectivity index is 0.000000421. The molecule has 6 nitrogen and oxygen atoms in total. The van der Waals surface area contributed by atoms with E-state index in [1.165, 1.54) is 31.3 Å². The molecule has 0 aliphatic heterocycles. The second-order valence-corrected chi connectivity index (χ2v) is 4.56. The number of aldehydes is 2. The third-order valence-corrected chi connectivity index (χ3v) is 2.98. The Hall–Kier alpha value is -3.12. The van der Waals surface area contributed by atoms with Crippen LogP contribution in [-0.2, 0) is 0 Å². The van der Waals surface area contributed by atoms with Crippen LogP contribution in [0.15, 0.2) is 48.5 Å². The molecule has 0 atom stereocenters. The van der Waals surface area contributed by atoms with Gasteiger partial charge in [0.1, 0.15) is 12.6 Å². The predicted octanol–water partition coefficient (Wildman–Crippen LogP) is 2.86. The fourth-order valence-corrected chi connectivity index (χ4v) is 1.66. The van der Waals surface area contributed by atoms with E-state index in [2.05, 4.69) is 5.73 Å². The van der Waals surface area contributed by atoms with E-state index in [1.54, 1.807) is 24.3 Å². The highest BCUT2D eigenvalue weighted by Gasteiger charge is 2.01. The third kappa shape index (κ3) is 7.81. The number of benzene rings is 2. The van der Waals surface area contributed by atoms with Crippen LogP contribution in [-0.4, -0.2) is 36.5 Å². The summed E-state index contributed by atoms with van der Waals surface area (Å²) in [6.45, 7) is 1.82. The quantitative estimate of drug-likeness (QED) is 0.637. The molecule has 2 aromatic carbocycles. The minimum Gasteiger partial charge on any atom is -0.478 e. The first-order valence-electron chi connectivity index (χ1n) is 7.46. The van der Waals surface area contributed by atoms with Crippen molar-refractivity contribution in [3.05, 3.63) is 70.8 Å². The summed E-state index contributed by atoms with van der Waals surface area (Å²) in [6.07, 6.45) is 1.94. The summed E-state index contributed by atoms with van der Waals surface area (Å²) in [5.41, 5.74) is 6.44. The molecule has 0 bridgehead atoms. The largest absolute Gasteiger partial charge is 0.478 e. The van der Waals surface area contributed by atoms with Crippen molar-refractivity contribution in [2.75, 3.05) is 7.05 Å². The molecule has 0 saturated heterocycles. The van der Waals surface area contributed by atoms with Crippen molar-refractivity contribution in [2.45, 2.75) is 13.3 Å².